The first kappa shape index (κ1) is 16.0. The Morgan fingerprint density at radius 2 is 1.95 bits per heavy atom. The van der Waals surface area contributed by atoms with Crippen molar-refractivity contribution in [3.8, 4) is 0 Å². The van der Waals surface area contributed by atoms with E-state index in [1.165, 1.54) is 0 Å². The molecule has 1 aromatic rings. The van der Waals surface area contributed by atoms with Crippen LogP contribution in [0.2, 0.25) is 0 Å². The van der Waals surface area contributed by atoms with Gasteiger partial charge in [0.05, 0.1) is 5.69 Å². The van der Waals surface area contributed by atoms with E-state index in [1.54, 1.807) is 4.90 Å². The number of carbonyl (C=O) groups excluding carboxylic acids is 2. The Bertz CT molecular complexity index is 567. The molecule has 1 N–H and O–H groups in total. The van der Waals surface area contributed by atoms with Crippen LogP contribution in [0.4, 0.5) is 5.69 Å². The predicted octanol–water partition coefficient (Wildman–Crippen LogP) is 3.17. The molecule has 1 heterocycles. The molecule has 0 bridgehead atoms. The molecule has 2 rings (SSSR count). The molecule has 0 aliphatic carbocycles. The first-order valence-corrected chi connectivity index (χ1v) is 8.12. The Hall–Kier alpha value is -1.36. The average Bonchev–Trinajstić information content (AvgIpc) is 2.59. The van der Waals surface area contributed by atoms with E-state index in [0.29, 0.717) is 25.8 Å². The summed E-state index contributed by atoms with van der Waals surface area (Å²) in [6.45, 7) is 6.29. The van der Waals surface area contributed by atoms with Gasteiger partial charge in [0.2, 0.25) is 5.91 Å². The topological polar surface area (TPSA) is 49.4 Å². The second-order valence-corrected chi connectivity index (χ2v) is 6.35. The van der Waals surface area contributed by atoms with Crippen LogP contribution in [0.3, 0.4) is 0 Å². The fourth-order valence-electron chi connectivity index (χ4n) is 2.74. The van der Waals surface area contributed by atoms with Gasteiger partial charge in [-0.3, -0.25) is 9.59 Å². The molecule has 1 aliphatic rings. The predicted molar refractivity (Wildman–Crippen MR) is 87.3 cm³/mol. The standard InChI is InChI=1S/C16H21BrN2O2/c1-4-16(5-2)15(21)19(9-8-14(20)18-16)13-10-11(3)6-7-12(13)17/h6-7,10H,4-5,8-9H2,1-3H3,(H,18,20). The summed E-state index contributed by atoms with van der Waals surface area (Å²) in [5.41, 5.74) is 1.13. The van der Waals surface area contributed by atoms with E-state index in [9.17, 15) is 9.59 Å². The van der Waals surface area contributed by atoms with Crippen molar-refractivity contribution in [2.45, 2.75) is 45.6 Å². The number of nitrogens with zero attached hydrogens (tertiary/aromatic N) is 1. The van der Waals surface area contributed by atoms with Crippen LogP contribution < -0.4 is 10.2 Å². The maximum Gasteiger partial charge on any atom is 0.252 e. The maximum atomic E-state index is 13.0. The number of rotatable bonds is 3. The third-order valence-corrected chi connectivity index (χ3v) is 4.87. The number of benzene rings is 1. The molecular weight excluding hydrogens is 332 g/mol. The highest BCUT2D eigenvalue weighted by Gasteiger charge is 2.42. The number of amides is 2. The van der Waals surface area contributed by atoms with E-state index >= 15 is 0 Å². The quantitative estimate of drug-likeness (QED) is 0.908. The van der Waals surface area contributed by atoms with Crippen LogP contribution in [0.1, 0.15) is 38.7 Å². The number of hydrogen-bond donors (Lipinski definition) is 1. The minimum absolute atomic E-state index is 0.0235. The average molecular weight is 353 g/mol. The van der Waals surface area contributed by atoms with E-state index in [1.807, 2.05) is 39.0 Å². The van der Waals surface area contributed by atoms with Crippen LogP contribution in [0, 0.1) is 6.92 Å². The minimum Gasteiger partial charge on any atom is -0.342 e. The van der Waals surface area contributed by atoms with E-state index in [0.717, 1.165) is 15.7 Å². The molecule has 0 saturated carbocycles. The van der Waals surface area contributed by atoms with Gasteiger partial charge in [-0.1, -0.05) is 19.9 Å². The summed E-state index contributed by atoms with van der Waals surface area (Å²) in [5, 5.41) is 2.93. The Morgan fingerprint density at radius 3 is 2.57 bits per heavy atom. The van der Waals surface area contributed by atoms with Crippen LogP contribution >= 0.6 is 15.9 Å². The molecule has 1 fully saturated rings. The highest BCUT2D eigenvalue weighted by molar-refractivity contribution is 9.10. The van der Waals surface area contributed by atoms with Crippen molar-refractivity contribution in [1.29, 1.82) is 0 Å². The molecule has 4 nitrogen and oxygen atoms in total. The fraction of sp³-hybridized carbons (Fsp3) is 0.500. The highest BCUT2D eigenvalue weighted by Crippen LogP contribution is 2.32. The first-order chi connectivity index (χ1) is 9.93. The fourth-order valence-corrected chi connectivity index (χ4v) is 3.21. The summed E-state index contributed by atoms with van der Waals surface area (Å²) >= 11 is 3.52. The maximum absolute atomic E-state index is 13.0. The molecule has 114 valence electrons. The number of carbonyl (C=O) groups is 2. The van der Waals surface area contributed by atoms with Gasteiger partial charge in [-0.15, -0.1) is 0 Å². The van der Waals surface area contributed by atoms with Crippen molar-refractivity contribution >= 4 is 33.4 Å². The van der Waals surface area contributed by atoms with Gasteiger partial charge in [0.25, 0.3) is 5.91 Å². The van der Waals surface area contributed by atoms with Crippen LogP contribution in [-0.2, 0) is 9.59 Å². The number of aryl methyl sites for hydroxylation is 1. The lowest BCUT2D eigenvalue weighted by atomic mass is 9.91. The highest BCUT2D eigenvalue weighted by atomic mass is 79.9. The van der Waals surface area contributed by atoms with Crippen molar-refractivity contribution in [2.24, 2.45) is 0 Å². The molecule has 0 unspecified atom stereocenters. The smallest absolute Gasteiger partial charge is 0.252 e. The number of hydrogen-bond acceptors (Lipinski definition) is 2. The summed E-state index contributed by atoms with van der Waals surface area (Å²) in [6.07, 6.45) is 1.51. The summed E-state index contributed by atoms with van der Waals surface area (Å²) in [6, 6.07) is 5.91. The van der Waals surface area contributed by atoms with Gasteiger partial charge in [0.15, 0.2) is 0 Å². The van der Waals surface area contributed by atoms with Gasteiger partial charge >= 0.3 is 0 Å². The monoisotopic (exact) mass is 352 g/mol. The zero-order valence-corrected chi connectivity index (χ0v) is 14.3. The van der Waals surface area contributed by atoms with Crippen LogP contribution in [0.25, 0.3) is 0 Å². The molecule has 2 amide bonds. The van der Waals surface area contributed by atoms with E-state index in [4.69, 9.17) is 0 Å². The van der Waals surface area contributed by atoms with Crippen molar-refractivity contribution in [2.75, 3.05) is 11.4 Å². The summed E-state index contributed by atoms with van der Waals surface area (Å²) < 4.78 is 0.872. The normalized spacial score (nSPS) is 18.4. The van der Waals surface area contributed by atoms with Crippen molar-refractivity contribution in [3.63, 3.8) is 0 Å². The van der Waals surface area contributed by atoms with Crippen molar-refractivity contribution in [1.82, 2.24) is 5.32 Å². The molecule has 1 aromatic carbocycles. The molecule has 0 atom stereocenters. The number of nitrogens with one attached hydrogen (secondary N) is 1. The SMILES string of the molecule is CCC1(CC)NC(=O)CCN(c2cc(C)ccc2Br)C1=O. The summed E-state index contributed by atoms with van der Waals surface area (Å²) in [5.74, 6) is -0.0806. The Morgan fingerprint density at radius 1 is 1.29 bits per heavy atom. The van der Waals surface area contributed by atoms with E-state index in [2.05, 4.69) is 21.2 Å². The third-order valence-electron chi connectivity index (χ3n) is 4.20. The summed E-state index contributed by atoms with van der Waals surface area (Å²) in [7, 11) is 0. The molecule has 1 aliphatic heterocycles. The minimum atomic E-state index is -0.795. The summed E-state index contributed by atoms with van der Waals surface area (Å²) in [4.78, 5) is 26.8. The van der Waals surface area contributed by atoms with Crippen molar-refractivity contribution < 1.29 is 9.59 Å². The number of halogens is 1. The Kier molecular flexibility index (Phi) is 4.71. The van der Waals surface area contributed by atoms with Crippen LogP contribution in [0.15, 0.2) is 22.7 Å². The lowest BCUT2D eigenvalue weighted by Gasteiger charge is -2.34. The molecule has 0 spiro atoms. The molecule has 0 radical (unpaired) electrons. The first-order valence-electron chi connectivity index (χ1n) is 7.32. The van der Waals surface area contributed by atoms with Crippen LogP contribution in [-0.4, -0.2) is 23.9 Å². The van der Waals surface area contributed by atoms with Crippen molar-refractivity contribution in [3.05, 3.63) is 28.2 Å². The third kappa shape index (κ3) is 2.98. The van der Waals surface area contributed by atoms with Gasteiger partial charge in [0, 0.05) is 17.4 Å². The van der Waals surface area contributed by atoms with Gasteiger partial charge in [0.1, 0.15) is 5.54 Å². The molecule has 1 saturated heterocycles. The van der Waals surface area contributed by atoms with Gasteiger partial charge < -0.3 is 10.2 Å². The zero-order valence-electron chi connectivity index (χ0n) is 12.7. The largest absolute Gasteiger partial charge is 0.342 e. The molecular formula is C16H21BrN2O2. The van der Waals surface area contributed by atoms with Gasteiger partial charge in [-0.05, 0) is 53.4 Å². The van der Waals surface area contributed by atoms with E-state index < -0.39 is 5.54 Å². The zero-order chi connectivity index (χ0) is 15.6. The molecule has 21 heavy (non-hydrogen) atoms. The van der Waals surface area contributed by atoms with Crippen LogP contribution in [0.5, 0.6) is 0 Å². The second-order valence-electron chi connectivity index (χ2n) is 5.50. The lowest BCUT2D eigenvalue weighted by molar-refractivity contribution is -0.130. The molecule has 5 heteroatoms. The Labute approximate surface area is 134 Å². The Balaban J connectivity index is 2.49. The van der Waals surface area contributed by atoms with Gasteiger partial charge in [-0.25, -0.2) is 0 Å². The number of anilines is 1. The van der Waals surface area contributed by atoms with Gasteiger partial charge in [-0.2, -0.15) is 0 Å². The second kappa shape index (κ2) is 6.18. The molecule has 0 aromatic heterocycles. The van der Waals surface area contributed by atoms with E-state index in [-0.39, 0.29) is 11.8 Å². The lowest BCUT2D eigenvalue weighted by Crippen LogP contribution is -2.56.